The average Bonchev–Trinajstić information content (AvgIpc) is 2.16. The van der Waals surface area contributed by atoms with Crippen LogP contribution in [0.1, 0.15) is 47.5 Å². The molecule has 14 heavy (non-hydrogen) atoms. The number of hydrogen-bond donors (Lipinski definition) is 2. The maximum atomic E-state index is 10.6. The van der Waals surface area contributed by atoms with Gasteiger partial charge < -0.3 is 10.4 Å². The Bertz CT molecular complexity index is 137. The van der Waals surface area contributed by atoms with Crippen molar-refractivity contribution in [2.24, 2.45) is 5.92 Å². The topological polar surface area (TPSA) is 49.3 Å². The summed E-state index contributed by atoms with van der Waals surface area (Å²) in [5, 5.41) is 11.5. The number of nitrogens with one attached hydrogen (secondary N) is 1. The zero-order valence-electron chi connectivity index (χ0n) is 10.1. The zero-order valence-corrected chi connectivity index (χ0v) is 10.1. The number of rotatable bonds is 5. The smallest absolute Gasteiger partial charge is 0.217 e. The molecule has 0 saturated carbocycles. The Kier molecular flexibility index (Phi) is 11.9. The van der Waals surface area contributed by atoms with E-state index < -0.39 is 0 Å². The van der Waals surface area contributed by atoms with Gasteiger partial charge in [0.2, 0.25) is 5.91 Å². The van der Waals surface area contributed by atoms with Crippen molar-refractivity contribution in [3.05, 3.63) is 0 Å². The average molecular weight is 203 g/mol. The molecule has 2 N–H and O–H groups in total. The lowest BCUT2D eigenvalue weighted by molar-refractivity contribution is -0.119. The van der Waals surface area contributed by atoms with E-state index in [1.165, 1.54) is 6.92 Å². The molecule has 2 unspecified atom stereocenters. The van der Waals surface area contributed by atoms with Crippen LogP contribution in [0, 0.1) is 5.92 Å². The molecular weight excluding hydrogens is 178 g/mol. The molecule has 1 amide bonds. The Balaban J connectivity index is 0. The third kappa shape index (κ3) is 11.4. The van der Waals surface area contributed by atoms with Gasteiger partial charge in [0.1, 0.15) is 0 Å². The fourth-order valence-corrected chi connectivity index (χ4v) is 1.04. The van der Waals surface area contributed by atoms with E-state index in [4.69, 9.17) is 5.11 Å². The maximum Gasteiger partial charge on any atom is 0.217 e. The van der Waals surface area contributed by atoms with E-state index >= 15 is 0 Å². The fourth-order valence-electron chi connectivity index (χ4n) is 1.04. The molecule has 0 heterocycles. The van der Waals surface area contributed by atoms with Gasteiger partial charge in [-0.15, -0.1) is 0 Å². The van der Waals surface area contributed by atoms with Gasteiger partial charge in [-0.25, -0.2) is 0 Å². The Morgan fingerprint density at radius 1 is 1.29 bits per heavy atom. The zero-order chi connectivity index (χ0) is 11.6. The Morgan fingerprint density at radius 2 is 1.79 bits per heavy atom. The van der Waals surface area contributed by atoms with E-state index in [2.05, 4.69) is 5.32 Å². The van der Waals surface area contributed by atoms with E-state index in [-0.39, 0.29) is 18.6 Å². The van der Waals surface area contributed by atoms with Crippen LogP contribution in [-0.2, 0) is 4.79 Å². The van der Waals surface area contributed by atoms with Crippen LogP contribution in [0.3, 0.4) is 0 Å². The van der Waals surface area contributed by atoms with Crippen molar-refractivity contribution >= 4 is 5.91 Å². The normalized spacial score (nSPS) is 13.6. The van der Waals surface area contributed by atoms with Crippen LogP contribution in [0.15, 0.2) is 0 Å². The SMILES string of the molecule is CC.CC(=O)NC(C)CCC(C)CO. The van der Waals surface area contributed by atoms with Crippen LogP contribution in [0.2, 0.25) is 0 Å². The van der Waals surface area contributed by atoms with Crippen molar-refractivity contribution in [3.63, 3.8) is 0 Å². The number of carbonyl (C=O) groups excluding carboxylic acids is 1. The van der Waals surface area contributed by atoms with Crippen LogP contribution in [0.25, 0.3) is 0 Å². The second kappa shape index (κ2) is 10.5. The van der Waals surface area contributed by atoms with Crippen molar-refractivity contribution in [3.8, 4) is 0 Å². The summed E-state index contributed by atoms with van der Waals surface area (Å²) in [5.74, 6) is 0.348. The minimum atomic E-state index is 0.0131. The van der Waals surface area contributed by atoms with E-state index in [9.17, 15) is 4.79 Å². The first-order valence-electron chi connectivity index (χ1n) is 5.44. The molecule has 3 nitrogen and oxygen atoms in total. The predicted molar refractivity (Wildman–Crippen MR) is 60.1 cm³/mol. The summed E-state index contributed by atoms with van der Waals surface area (Å²) < 4.78 is 0. The molecule has 0 aromatic carbocycles. The van der Waals surface area contributed by atoms with Crippen molar-refractivity contribution in [1.29, 1.82) is 0 Å². The Hall–Kier alpha value is -0.570. The second-order valence-corrected chi connectivity index (χ2v) is 3.47. The van der Waals surface area contributed by atoms with Gasteiger partial charge in [-0.05, 0) is 25.7 Å². The van der Waals surface area contributed by atoms with Crippen LogP contribution in [-0.4, -0.2) is 23.7 Å². The quantitative estimate of drug-likeness (QED) is 0.717. The molecule has 0 fully saturated rings. The van der Waals surface area contributed by atoms with Gasteiger partial charge >= 0.3 is 0 Å². The summed E-state index contributed by atoms with van der Waals surface area (Å²) in [6.45, 7) is 9.73. The summed E-state index contributed by atoms with van der Waals surface area (Å²) in [4.78, 5) is 10.6. The number of amides is 1. The molecule has 0 bridgehead atoms. The van der Waals surface area contributed by atoms with E-state index in [0.29, 0.717) is 5.92 Å². The minimum Gasteiger partial charge on any atom is -0.396 e. The van der Waals surface area contributed by atoms with Gasteiger partial charge in [0.15, 0.2) is 0 Å². The third-order valence-corrected chi connectivity index (χ3v) is 1.85. The third-order valence-electron chi connectivity index (χ3n) is 1.85. The predicted octanol–water partition coefficient (Wildman–Crippen LogP) is 1.95. The molecule has 0 radical (unpaired) electrons. The molecule has 0 aromatic heterocycles. The maximum absolute atomic E-state index is 10.6. The van der Waals surface area contributed by atoms with Gasteiger partial charge in [-0.2, -0.15) is 0 Å². The lowest BCUT2D eigenvalue weighted by Crippen LogP contribution is -2.30. The van der Waals surface area contributed by atoms with Crippen LogP contribution >= 0.6 is 0 Å². The van der Waals surface area contributed by atoms with E-state index in [1.54, 1.807) is 0 Å². The van der Waals surface area contributed by atoms with Crippen LogP contribution < -0.4 is 5.32 Å². The number of hydrogen-bond acceptors (Lipinski definition) is 2. The Morgan fingerprint density at radius 3 is 2.14 bits per heavy atom. The summed E-state index contributed by atoms with van der Waals surface area (Å²) in [6, 6.07) is 0.219. The minimum absolute atomic E-state index is 0.0131. The highest BCUT2D eigenvalue weighted by molar-refractivity contribution is 5.73. The van der Waals surface area contributed by atoms with Gasteiger partial charge in [0.25, 0.3) is 0 Å². The molecular formula is C11H25NO2. The molecule has 86 valence electrons. The van der Waals surface area contributed by atoms with Gasteiger partial charge in [-0.1, -0.05) is 20.8 Å². The summed E-state index contributed by atoms with van der Waals surface area (Å²) in [5.41, 5.74) is 0. The highest BCUT2D eigenvalue weighted by atomic mass is 16.3. The lowest BCUT2D eigenvalue weighted by Gasteiger charge is -2.14. The van der Waals surface area contributed by atoms with Crippen LogP contribution in [0.5, 0.6) is 0 Å². The number of aliphatic hydroxyl groups is 1. The largest absolute Gasteiger partial charge is 0.396 e. The first-order valence-corrected chi connectivity index (χ1v) is 5.44. The summed E-state index contributed by atoms with van der Waals surface area (Å²) in [7, 11) is 0. The highest BCUT2D eigenvalue weighted by Gasteiger charge is 2.05. The molecule has 3 heteroatoms. The van der Waals surface area contributed by atoms with Gasteiger partial charge in [-0.3, -0.25) is 4.79 Å². The lowest BCUT2D eigenvalue weighted by atomic mass is 10.0. The van der Waals surface area contributed by atoms with Gasteiger partial charge in [0.05, 0.1) is 0 Å². The van der Waals surface area contributed by atoms with Crippen molar-refractivity contribution in [2.45, 2.75) is 53.5 Å². The molecule has 0 rings (SSSR count). The van der Waals surface area contributed by atoms with Crippen molar-refractivity contribution in [1.82, 2.24) is 5.32 Å². The number of carbonyl (C=O) groups is 1. The Labute approximate surface area is 87.9 Å². The fraction of sp³-hybridized carbons (Fsp3) is 0.909. The first-order chi connectivity index (χ1) is 6.56. The molecule has 2 atom stereocenters. The molecule has 0 saturated heterocycles. The molecule has 0 aliphatic heterocycles. The standard InChI is InChI=1S/C9H19NO2.C2H6/c1-7(6-11)4-5-8(2)10-9(3)12;1-2/h7-8,11H,4-6H2,1-3H3,(H,10,12);1-2H3. The molecule has 0 aliphatic rings. The highest BCUT2D eigenvalue weighted by Crippen LogP contribution is 2.06. The van der Waals surface area contributed by atoms with E-state index in [1.807, 2.05) is 27.7 Å². The van der Waals surface area contributed by atoms with Crippen LogP contribution in [0.4, 0.5) is 0 Å². The monoisotopic (exact) mass is 203 g/mol. The molecule has 0 spiro atoms. The summed E-state index contributed by atoms with van der Waals surface area (Å²) >= 11 is 0. The van der Waals surface area contributed by atoms with Gasteiger partial charge in [0, 0.05) is 19.6 Å². The molecule has 0 aliphatic carbocycles. The summed E-state index contributed by atoms with van der Waals surface area (Å²) in [6.07, 6.45) is 1.89. The van der Waals surface area contributed by atoms with Crippen molar-refractivity contribution < 1.29 is 9.90 Å². The van der Waals surface area contributed by atoms with Crippen molar-refractivity contribution in [2.75, 3.05) is 6.61 Å². The molecule has 0 aromatic rings. The number of aliphatic hydroxyl groups excluding tert-OH is 1. The van der Waals surface area contributed by atoms with E-state index in [0.717, 1.165) is 12.8 Å². The first kappa shape index (κ1) is 15.9. The second-order valence-electron chi connectivity index (χ2n) is 3.47.